The summed E-state index contributed by atoms with van der Waals surface area (Å²) in [5, 5.41) is 0. The van der Waals surface area contributed by atoms with Gasteiger partial charge in [-0.15, -0.1) is 0 Å². The molecule has 0 amide bonds. The quantitative estimate of drug-likeness (QED) is 0.299. The summed E-state index contributed by atoms with van der Waals surface area (Å²) in [7, 11) is 0.692. The third-order valence-electron chi connectivity index (χ3n) is 6.06. The van der Waals surface area contributed by atoms with E-state index >= 15 is 0 Å². The van der Waals surface area contributed by atoms with Crippen LogP contribution in [-0.2, 0) is 25.3 Å². The Morgan fingerprint density at radius 3 is 2.69 bits per heavy atom. The lowest BCUT2D eigenvalue weighted by atomic mass is 9.79. The van der Waals surface area contributed by atoms with Crippen LogP contribution in [0.25, 0.3) is 0 Å². The van der Waals surface area contributed by atoms with Gasteiger partial charge in [0.1, 0.15) is 23.4 Å². The lowest BCUT2D eigenvalue weighted by Gasteiger charge is -2.18. The number of rotatable bonds is 11. The van der Waals surface area contributed by atoms with E-state index in [1.54, 1.807) is 42.4 Å². The van der Waals surface area contributed by atoms with Gasteiger partial charge >= 0.3 is 13.1 Å². The summed E-state index contributed by atoms with van der Waals surface area (Å²) >= 11 is 0. The van der Waals surface area contributed by atoms with E-state index in [-0.39, 0.29) is 19.1 Å². The number of aromatic nitrogens is 1. The lowest BCUT2D eigenvalue weighted by Crippen LogP contribution is -2.41. The number of hydrogen-bond donors (Lipinski definition) is 0. The number of pyridine rings is 1. The van der Waals surface area contributed by atoms with Crippen molar-refractivity contribution in [1.29, 1.82) is 0 Å². The minimum atomic E-state index is -1.11. The smallest absolute Gasteiger partial charge is 0.498 e. The van der Waals surface area contributed by atoms with E-state index in [0.717, 1.165) is 41.2 Å². The molecule has 1 aromatic heterocycles. The van der Waals surface area contributed by atoms with Gasteiger partial charge < -0.3 is 18.8 Å². The number of nitrogens with zero attached hydrogens (tertiary/aromatic N) is 2. The molecule has 36 heavy (non-hydrogen) atoms. The van der Waals surface area contributed by atoms with Gasteiger partial charge in [0, 0.05) is 29.0 Å². The molecule has 0 bridgehead atoms. The molecule has 0 aliphatic heterocycles. The summed E-state index contributed by atoms with van der Waals surface area (Å²) in [5.74, 6) is 1.76. The summed E-state index contributed by atoms with van der Waals surface area (Å²) < 4.78 is 22.8. The number of aryl methyl sites for hydroxylation is 1. The van der Waals surface area contributed by atoms with Gasteiger partial charge in [-0.25, -0.2) is 0 Å². The van der Waals surface area contributed by atoms with Crippen LogP contribution in [-0.4, -0.2) is 49.6 Å². The number of fused-ring (bicyclic) bond motifs is 1. The zero-order chi connectivity index (χ0) is 25.5. The number of benzene rings is 2. The highest BCUT2D eigenvalue weighted by Gasteiger charge is 2.30. The van der Waals surface area contributed by atoms with Gasteiger partial charge in [0.25, 0.3) is 6.47 Å². The van der Waals surface area contributed by atoms with Crippen molar-refractivity contribution in [2.45, 2.75) is 32.8 Å². The first-order valence-electron chi connectivity index (χ1n) is 11.9. The number of likely N-dealkylation sites (N-methyl/N-ethyl adjacent to an activating group) is 1. The summed E-state index contributed by atoms with van der Waals surface area (Å²) in [6.45, 7) is 4.93. The predicted molar refractivity (Wildman–Crippen MR) is 135 cm³/mol. The second kappa shape index (κ2) is 11.7. The van der Waals surface area contributed by atoms with E-state index in [9.17, 15) is 9.59 Å². The van der Waals surface area contributed by atoms with E-state index in [0.29, 0.717) is 17.8 Å². The summed E-state index contributed by atoms with van der Waals surface area (Å²) in [4.78, 5) is 29.1. The van der Waals surface area contributed by atoms with E-state index < -0.39 is 13.1 Å². The minimum absolute atomic E-state index is 0.101. The van der Waals surface area contributed by atoms with Crippen LogP contribution in [0, 0.1) is 6.92 Å². The Balaban J connectivity index is 1.43. The highest BCUT2D eigenvalue weighted by atomic mass is 16.6. The molecule has 0 saturated carbocycles. The van der Waals surface area contributed by atoms with Gasteiger partial charge in [-0.05, 0) is 63.2 Å². The van der Waals surface area contributed by atoms with Crippen molar-refractivity contribution in [3.63, 3.8) is 0 Å². The number of hydrogen-bond acceptors (Lipinski definition) is 8. The van der Waals surface area contributed by atoms with Crippen LogP contribution in [0.2, 0.25) is 0 Å². The van der Waals surface area contributed by atoms with Crippen LogP contribution in [0.4, 0.5) is 0 Å². The second-order valence-electron chi connectivity index (χ2n) is 8.66. The predicted octanol–water partition coefficient (Wildman–Crippen LogP) is 3.61. The fraction of sp³-hybridized carbons (Fsp3) is 0.296. The molecule has 0 spiro atoms. The maximum atomic E-state index is 12.1. The van der Waals surface area contributed by atoms with Gasteiger partial charge in [0.15, 0.2) is 0 Å². The fourth-order valence-corrected chi connectivity index (χ4v) is 4.09. The molecule has 3 aromatic rings. The second-order valence-corrected chi connectivity index (χ2v) is 8.66. The number of carbonyl (C=O) groups is 2. The summed E-state index contributed by atoms with van der Waals surface area (Å²) in [5.41, 5.74) is 3.67. The minimum Gasteiger partial charge on any atom is -0.498 e. The molecular weight excluding hydrogens is 459 g/mol. The highest BCUT2D eigenvalue weighted by molar-refractivity contribution is 6.63. The molecule has 0 N–H and O–H groups in total. The molecule has 1 aliphatic rings. The van der Waals surface area contributed by atoms with Crippen LogP contribution in [0.15, 0.2) is 60.8 Å². The SMILES string of the molecule is CCN(C)CC(=O)OB(OC=O)c1ccc(OC2CCc3c(Oc4ccnc(C)c4)cccc32)cc1. The van der Waals surface area contributed by atoms with Gasteiger partial charge in [0.2, 0.25) is 0 Å². The third kappa shape index (κ3) is 6.23. The highest BCUT2D eigenvalue weighted by Crippen LogP contribution is 2.40. The first kappa shape index (κ1) is 25.3. The van der Waals surface area contributed by atoms with E-state index in [1.807, 2.05) is 38.1 Å². The molecule has 0 fully saturated rings. The van der Waals surface area contributed by atoms with E-state index in [4.69, 9.17) is 18.8 Å². The molecule has 1 aliphatic carbocycles. The Bertz CT molecular complexity index is 1200. The molecule has 0 saturated heterocycles. The molecule has 8 nitrogen and oxygen atoms in total. The van der Waals surface area contributed by atoms with Gasteiger partial charge in [-0.2, -0.15) is 0 Å². The first-order chi connectivity index (χ1) is 17.5. The summed E-state index contributed by atoms with van der Waals surface area (Å²) in [6, 6.07) is 16.8. The topological polar surface area (TPSA) is 87.2 Å². The van der Waals surface area contributed by atoms with Crippen molar-refractivity contribution in [3.8, 4) is 17.2 Å². The Labute approximate surface area is 211 Å². The van der Waals surface area contributed by atoms with Crippen LogP contribution >= 0.6 is 0 Å². The van der Waals surface area contributed by atoms with Crippen LogP contribution in [0.3, 0.4) is 0 Å². The Hall–Kier alpha value is -3.85. The fourth-order valence-electron chi connectivity index (χ4n) is 4.09. The molecule has 4 rings (SSSR count). The van der Waals surface area contributed by atoms with Crippen molar-refractivity contribution in [2.24, 2.45) is 0 Å². The maximum absolute atomic E-state index is 12.1. The molecule has 1 heterocycles. The zero-order valence-corrected chi connectivity index (χ0v) is 20.7. The normalized spacial score (nSPS) is 14.2. The van der Waals surface area contributed by atoms with Crippen molar-refractivity contribution in [1.82, 2.24) is 9.88 Å². The molecule has 1 atom stereocenters. The van der Waals surface area contributed by atoms with Crippen LogP contribution < -0.4 is 14.9 Å². The molecular formula is C27H29BN2O6. The standard InChI is InChI=1S/C27H29BN2O6/c1-4-30(3)17-27(32)36-28(33-18-31)20-8-10-21(11-9-20)34-26-13-12-24-23(26)6-5-7-25(24)35-22-14-15-29-19(2)16-22/h5-11,14-16,18,26H,4,12-13,17H2,1-3H3. The average Bonchev–Trinajstić information content (AvgIpc) is 3.28. The largest absolute Gasteiger partial charge is 0.636 e. The molecule has 186 valence electrons. The van der Waals surface area contributed by atoms with E-state index in [1.165, 1.54) is 0 Å². The zero-order valence-electron chi connectivity index (χ0n) is 20.7. The number of ether oxygens (including phenoxy) is 2. The van der Waals surface area contributed by atoms with Crippen LogP contribution in [0.1, 0.15) is 36.3 Å². The van der Waals surface area contributed by atoms with Gasteiger partial charge in [0.05, 0.1) is 6.54 Å². The van der Waals surface area contributed by atoms with Crippen molar-refractivity contribution < 1.29 is 28.4 Å². The van der Waals surface area contributed by atoms with Crippen LogP contribution in [0.5, 0.6) is 17.2 Å². The van der Waals surface area contributed by atoms with E-state index in [2.05, 4.69) is 11.1 Å². The summed E-state index contributed by atoms with van der Waals surface area (Å²) in [6.07, 6.45) is 3.29. The third-order valence-corrected chi connectivity index (χ3v) is 6.06. The average molecular weight is 488 g/mol. The van der Waals surface area contributed by atoms with Crippen molar-refractivity contribution >= 4 is 25.0 Å². The first-order valence-corrected chi connectivity index (χ1v) is 11.9. The monoisotopic (exact) mass is 488 g/mol. The molecule has 9 heteroatoms. The Morgan fingerprint density at radius 2 is 1.97 bits per heavy atom. The van der Waals surface area contributed by atoms with Crippen molar-refractivity contribution in [2.75, 3.05) is 20.1 Å². The lowest BCUT2D eigenvalue weighted by molar-refractivity contribution is -0.137. The molecule has 2 aromatic carbocycles. The van der Waals surface area contributed by atoms with Gasteiger partial charge in [-0.3, -0.25) is 19.5 Å². The molecule has 0 radical (unpaired) electrons. The van der Waals surface area contributed by atoms with Crippen molar-refractivity contribution in [3.05, 3.63) is 77.6 Å². The molecule has 1 unspecified atom stereocenters. The Morgan fingerprint density at radius 1 is 1.17 bits per heavy atom. The Kier molecular flexibility index (Phi) is 8.22. The number of carbonyl (C=O) groups excluding carboxylic acids is 2. The maximum Gasteiger partial charge on any atom is 0.636 e. The van der Waals surface area contributed by atoms with Gasteiger partial charge in [-0.1, -0.05) is 31.2 Å².